The fourth-order valence-corrected chi connectivity index (χ4v) is 5.98. The number of nitrogens with zero attached hydrogens (tertiary/aromatic N) is 2. The molecule has 45 heavy (non-hydrogen) atoms. The van der Waals surface area contributed by atoms with Crippen LogP contribution in [0.2, 0.25) is 0 Å². The quantitative estimate of drug-likeness (QED) is 0.161. The third-order valence-corrected chi connectivity index (χ3v) is 8.27. The molecule has 0 bridgehead atoms. The maximum absolute atomic E-state index is 9.30. The Balaban J connectivity index is 1.27. The smallest absolute Gasteiger partial charge is 0.154 e. The zero-order chi connectivity index (χ0) is 30.9. The van der Waals surface area contributed by atoms with E-state index in [4.69, 9.17) is 14.1 Å². The normalized spacial score (nSPS) is 14.7. The Bertz CT molecular complexity index is 2120. The van der Waals surface area contributed by atoms with Gasteiger partial charge < -0.3 is 14.1 Å². The minimum atomic E-state index is 0.167. The first-order valence-corrected chi connectivity index (χ1v) is 15.1. The number of hydrogen-bond donors (Lipinski definition) is 1. The van der Waals surface area contributed by atoms with Crippen LogP contribution in [0.25, 0.3) is 33.1 Å². The van der Waals surface area contributed by atoms with Crippen LogP contribution in [0.4, 0.5) is 0 Å². The van der Waals surface area contributed by atoms with Crippen molar-refractivity contribution in [2.75, 3.05) is 7.05 Å². The Morgan fingerprint density at radius 1 is 0.844 bits per heavy atom. The topological polar surface area (TPSA) is 61.8 Å². The van der Waals surface area contributed by atoms with Gasteiger partial charge in [0.25, 0.3) is 0 Å². The molecule has 1 aromatic heterocycles. The van der Waals surface area contributed by atoms with Gasteiger partial charge in [0.2, 0.25) is 0 Å². The highest BCUT2D eigenvalue weighted by Crippen LogP contribution is 2.35. The fraction of sp³-hybridized carbons (Fsp3) is 0.100. The minimum absolute atomic E-state index is 0.167. The molecule has 0 aliphatic carbocycles. The van der Waals surface area contributed by atoms with Gasteiger partial charge in [0.15, 0.2) is 5.84 Å². The molecular weight excluding hydrogens is 554 g/mol. The van der Waals surface area contributed by atoms with E-state index in [9.17, 15) is 5.41 Å². The summed E-state index contributed by atoms with van der Waals surface area (Å²) in [6.45, 7) is 6.74. The van der Waals surface area contributed by atoms with Gasteiger partial charge in [-0.3, -0.25) is 5.41 Å². The Hall–Kier alpha value is -5.68. The van der Waals surface area contributed by atoms with E-state index in [1.807, 2.05) is 85.9 Å². The number of benzene rings is 5. The summed E-state index contributed by atoms with van der Waals surface area (Å²) >= 11 is 0. The van der Waals surface area contributed by atoms with Crippen LogP contribution in [-0.4, -0.2) is 23.6 Å². The molecule has 1 aliphatic rings. The largest absolute Gasteiger partial charge is 0.458 e. The molecule has 5 aromatic carbocycles. The number of nitrogens with one attached hydrogen (secondary N) is 1. The van der Waals surface area contributed by atoms with E-state index in [1.165, 1.54) is 0 Å². The molecule has 0 spiro atoms. The van der Waals surface area contributed by atoms with Gasteiger partial charge in [0.05, 0.1) is 0 Å². The van der Waals surface area contributed by atoms with E-state index in [2.05, 4.69) is 66.9 Å². The minimum Gasteiger partial charge on any atom is -0.458 e. The predicted molar refractivity (Wildman–Crippen MR) is 184 cm³/mol. The summed E-state index contributed by atoms with van der Waals surface area (Å²) in [5.41, 5.74) is 7.60. The molecular formula is C40H33N3O2. The second-order valence-electron chi connectivity index (χ2n) is 11.5. The molecule has 1 unspecified atom stereocenters. The van der Waals surface area contributed by atoms with E-state index in [0.717, 1.165) is 61.1 Å². The second-order valence-corrected chi connectivity index (χ2v) is 11.5. The van der Waals surface area contributed by atoms with Crippen molar-refractivity contribution in [3.63, 3.8) is 0 Å². The number of aliphatic imine (C=N–C) groups is 1. The third kappa shape index (κ3) is 5.56. The molecule has 6 aromatic rings. The van der Waals surface area contributed by atoms with E-state index < -0.39 is 0 Å². The van der Waals surface area contributed by atoms with Crippen molar-refractivity contribution in [2.24, 2.45) is 4.99 Å². The summed E-state index contributed by atoms with van der Waals surface area (Å²) in [7, 11) is 2.01. The summed E-state index contributed by atoms with van der Waals surface area (Å²) in [6, 6.07) is 38.7. The van der Waals surface area contributed by atoms with Crippen molar-refractivity contribution in [2.45, 2.75) is 19.4 Å². The molecule has 0 saturated heterocycles. The number of hydrogen-bond acceptors (Lipinski definition) is 3. The molecule has 0 amide bonds. The van der Waals surface area contributed by atoms with Gasteiger partial charge >= 0.3 is 0 Å². The first kappa shape index (κ1) is 28.1. The van der Waals surface area contributed by atoms with Crippen molar-refractivity contribution >= 4 is 33.6 Å². The zero-order valence-corrected chi connectivity index (χ0v) is 25.3. The van der Waals surface area contributed by atoms with Crippen molar-refractivity contribution < 1.29 is 9.15 Å². The van der Waals surface area contributed by atoms with Crippen molar-refractivity contribution in [1.29, 1.82) is 5.41 Å². The first-order valence-electron chi connectivity index (χ1n) is 15.1. The van der Waals surface area contributed by atoms with E-state index in [0.29, 0.717) is 18.1 Å². The molecule has 220 valence electrons. The monoisotopic (exact) mass is 587 g/mol. The van der Waals surface area contributed by atoms with Crippen LogP contribution in [0.15, 0.2) is 149 Å². The lowest BCUT2D eigenvalue weighted by Gasteiger charge is -2.23. The highest BCUT2D eigenvalue weighted by Gasteiger charge is 2.19. The molecule has 5 heteroatoms. The van der Waals surface area contributed by atoms with Crippen LogP contribution in [0.1, 0.15) is 35.1 Å². The molecule has 1 N–H and O–H groups in total. The molecule has 1 atom stereocenters. The van der Waals surface area contributed by atoms with Gasteiger partial charge in [0.1, 0.15) is 28.5 Å². The van der Waals surface area contributed by atoms with Gasteiger partial charge in [-0.15, -0.1) is 0 Å². The number of furan rings is 1. The van der Waals surface area contributed by atoms with Gasteiger partial charge in [0, 0.05) is 47.0 Å². The van der Waals surface area contributed by atoms with Crippen LogP contribution < -0.4 is 4.74 Å². The number of fused-ring (bicyclic) bond motifs is 4. The van der Waals surface area contributed by atoms with Crippen molar-refractivity contribution in [1.82, 2.24) is 4.90 Å². The van der Waals surface area contributed by atoms with Crippen LogP contribution >= 0.6 is 0 Å². The van der Waals surface area contributed by atoms with Crippen LogP contribution in [0, 0.1) is 5.41 Å². The summed E-state index contributed by atoms with van der Waals surface area (Å²) in [4.78, 5) is 7.07. The fourth-order valence-electron chi connectivity index (χ4n) is 5.98. The standard InChI is InChI=1S/C40H33N3O2/c1-26-17-18-27(2)44-37-23-28(19-21-32(26)37)25-43(3)40(30-13-8-5-9-14-30)42-39(41)33-15-10-16-36-38(33)34-24-31(20-22-35(34)45-36)29-11-6-4-7-12-29/h4-24,26,41H,2,25H2,1,3H3. The van der Waals surface area contributed by atoms with Gasteiger partial charge in [-0.05, 0) is 47.0 Å². The molecule has 5 nitrogen and oxygen atoms in total. The van der Waals surface area contributed by atoms with Crippen LogP contribution in [-0.2, 0) is 6.54 Å². The summed E-state index contributed by atoms with van der Waals surface area (Å²) in [5.74, 6) is 2.55. The SMILES string of the molecule is C=C1C=CC(C)c2ccc(CN(C)C(=NC(=N)c3cccc4oc5ccc(-c6ccccc6)cc5c34)c3ccccc3)cc2O1. The van der Waals surface area contributed by atoms with Gasteiger partial charge in [-0.1, -0.05) is 111 Å². The molecule has 1 aliphatic heterocycles. The predicted octanol–water partition coefficient (Wildman–Crippen LogP) is 9.72. The van der Waals surface area contributed by atoms with Crippen molar-refractivity contribution in [3.05, 3.63) is 162 Å². The lowest BCUT2D eigenvalue weighted by Crippen LogP contribution is -2.28. The zero-order valence-electron chi connectivity index (χ0n) is 25.3. The summed E-state index contributed by atoms with van der Waals surface area (Å²) < 4.78 is 12.3. The van der Waals surface area contributed by atoms with E-state index in [1.54, 1.807) is 0 Å². The van der Waals surface area contributed by atoms with Crippen LogP contribution in [0.3, 0.4) is 0 Å². The van der Waals surface area contributed by atoms with E-state index in [-0.39, 0.29) is 11.8 Å². The molecule has 2 heterocycles. The van der Waals surface area contributed by atoms with Crippen molar-refractivity contribution in [3.8, 4) is 16.9 Å². The Morgan fingerprint density at radius 2 is 1.62 bits per heavy atom. The lowest BCUT2D eigenvalue weighted by molar-refractivity contribution is 0.441. The van der Waals surface area contributed by atoms with Gasteiger partial charge in [-0.2, -0.15) is 0 Å². The number of ether oxygens (including phenoxy) is 1. The first-order chi connectivity index (χ1) is 21.9. The lowest BCUT2D eigenvalue weighted by atomic mass is 9.98. The molecule has 7 rings (SSSR count). The second kappa shape index (κ2) is 11.8. The average molecular weight is 588 g/mol. The number of rotatable bonds is 5. The Labute approximate surface area is 262 Å². The van der Waals surface area contributed by atoms with Gasteiger partial charge in [-0.25, -0.2) is 4.99 Å². The third-order valence-electron chi connectivity index (χ3n) is 8.27. The number of allylic oxidation sites excluding steroid dienone is 2. The average Bonchev–Trinajstić information content (AvgIpc) is 3.38. The summed E-state index contributed by atoms with van der Waals surface area (Å²) in [5, 5.41) is 11.2. The highest BCUT2D eigenvalue weighted by molar-refractivity contribution is 6.20. The highest BCUT2D eigenvalue weighted by atomic mass is 16.5. The maximum Gasteiger partial charge on any atom is 0.154 e. The molecule has 0 radical (unpaired) electrons. The summed E-state index contributed by atoms with van der Waals surface area (Å²) in [6.07, 6.45) is 4.03. The molecule has 0 saturated carbocycles. The Morgan fingerprint density at radius 3 is 2.42 bits per heavy atom. The maximum atomic E-state index is 9.30. The molecule has 0 fully saturated rings. The Kier molecular flexibility index (Phi) is 7.36. The van der Waals surface area contributed by atoms with E-state index >= 15 is 0 Å². The number of amidine groups is 2. The van der Waals surface area contributed by atoms with Crippen LogP contribution in [0.5, 0.6) is 5.75 Å².